The molecule has 2 aromatic carbocycles. The lowest BCUT2D eigenvalue weighted by atomic mass is 10.0. The van der Waals surface area contributed by atoms with Gasteiger partial charge >= 0.3 is 0 Å². The van der Waals surface area contributed by atoms with E-state index in [1.54, 1.807) is 24.3 Å². The van der Waals surface area contributed by atoms with E-state index in [4.69, 9.17) is 16.3 Å². The van der Waals surface area contributed by atoms with Gasteiger partial charge in [0.15, 0.2) is 6.61 Å². The molecule has 6 heteroatoms. The standard InChI is InChI=1S/C15H11ClFNO3/c16-14-9(2-1-3-10(14)17)15(20)8-4-5-12-11(6-8)18-13(19)7-21-12/h1-6,15,20H,7H2,(H,18,19). The number of hydrogen-bond donors (Lipinski definition) is 2. The predicted octanol–water partition coefficient (Wildman–Crippen LogP) is 2.89. The van der Waals surface area contributed by atoms with Crippen LogP contribution in [0.5, 0.6) is 5.75 Å². The van der Waals surface area contributed by atoms with Crippen LogP contribution in [0.1, 0.15) is 17.2 Å². The van der Waals surface area contributed by atoms with Gasteiger partial charge < -0.3 is 15.2 Å². The third-order valence-corrected chi connectivity index (χ3v) is 3.63. The first-order chi connectivity index (χ1) is 10.1. The van der Waals surface area contributed by atoms with Crippen LogP contribution < -0.4 is 10.1 Å². The second-order valence-corrected chi connectivity index (χ2v) is 5.02. The topological polar surface area (TPSA) is 58.6 Å². The molecule has 21 heavy (non-hydrogen) atoms. The minimum Gasteiger partial charge on any atom is -0.482 e. The van der Waals surface area contributed by atoms with E-state index in [-0.39, 0.29) is 23.1 Å². The molecule has 1 aliphatic heterocycles. The monoisotopic (exact) mass is 307 g/mol. The van der Waals surface area contributed by atoms with E-state index in [1.165, 1.54) is 12.1 Å². The lowest BCUT2D eigenvalue weighted by molar-refractivity contribution is -0.118. The fourth-order valence-corrected chi connectivity index (χ4v) is 2.41. The second-order valence-electron chi connectivity index (χ2n) is 4.64. The van der Waals surface area contributed by atoms with E-state index < -0.39 is 11.9 Å². The van der Waals surface area contributed by atoms with E-state index in [9.17, 15) is 14.3 Å². The molecule has 1 aliphatic rings. The number of fused-ring (bicyclic) bond motifs is 1. The van der Waals surface area contributed by atoms with Gasteiger partial charge in [0.2, 0.25) is 0 Å². The van der Waals surface area contributed by atoms with Crippen LogP contribution >= 0.6 is 11.6 Å². The zero-order chi connectivity index (χ0) is 15.0. The maximum absolute atomic E-state index is 13.5. The Hall–Kier alpha value is -2.11. The fraction of sp³-hybridized carbons (Fsp3) is 0.133. The quantitative estimate of drug-likeness (QED) is 0.897. The Morgan fingerprint density at radius 3 is 2.95 bits per heavy atom. The molecule has 3 rings (SSSR count). The molecule has 0 radical (unpaired) electrons. The summed E-state index contributed by atoms with van der Waals surface area (Å²) in [5, 5.41) is 12.9. The zero-order valence-electron chi connectivity index (χ0n) is 10.8. The van der Waals surface area contributed by atoms with Crippen molar-refractivity contribution >= 4 is 23.2 Å². The molecule has 0 spiro atoms. The molecule has 0 aliphatic carbocycles. The van der Waals surface area contributed by atoms with Crippen LogP contribution in [0.4, 0.5) is 10.1 Å². The first-order valence-corrected chi connectivity index (χ1v) is 6.62. The number of carbonyl (C=O) groups excluding carboxylic acids is 1. The average Bonchev–Trinajstić information content (AvgIpc) is 2.48. The first kappa shape index (κ1) is 13.9. The maximum atomic E-state index is 13.5. The van der Waals surface area contributed by atoms with E-state index in [2.05, 4.69) is 5.32 Å². The van der Waals surface area contributed by atoms with Crippen molar-refractivity contribution in [3.63, 3.8) is 0 Å². The Morgan fingerprint density at radius 2 is 2.14 bits per heavy atom. The van der Waals surface area contributed by atoms with Crippen molar-refractivity contribution in [1.82, 2.24) is 0 Å². The molecule has 1 heterocycles. The minimum atomic E-state index is -1.10. The molecule has 1 amide bonds. The van der Waals surface area contributed by atoms with Gasteiger partial charge in [-0.3, -0.25) is 4.79 Å². The van der Waals surface area contributed by atoms with Crippen LogP contribution in [0.25, 0.3) is 0 Å². The summed E-state index contributed by atoms with van der Waals surface area (Å²) in [7, 11) is 0. The molecule has 1 unspecified atom stereocenters. The highest BCUT2D eigenvalue weighted by Gasteiger charge is 2.20. The van der Waals surface area contributed by atoms with E-state index >= 15 is 0 Å². The number of benzene rings is 2. The zero-order valence-corrected chi connectivity index (χ0v) is 11.5. The molecule has 4 nitrogen and oxygen atoms in total. The molecule has 0 fully saturated rings. The molecule has 108 valence electrons. The summed E-state index contributed by atoms with van der Waals surface area (Å²) in [6.07, 6.45) is -1.10. The summed E-state index contributed by atoms with van der Waals surface area (Å²) >= 11 is 5.88. The van der Waals surface area contributed by atoms with Crippen LogP contribution in [0, 0.1) is 5.82 Å². The lowest BCUT2D eigenvalue weighted by Gasteiger charge is -2.20. The molecule has 0 bridgehead atoms. The van der Waals surface area contributed by atoms with Crippen molar-refractivity contribution in [2.45, 2.75) is 6.10 Å². The van der Waals surface area contributed by atoms with Gasteiger partial charge in [-0.25, -0.2) is 4.39 Å². The number of rotatable bonds is 2. The summed E-state index contributed by atoms with van der Waals surface area (Å²) in [6.45, 7) is -0.0371. The second kappa shape index (κ2) is 5.35. The minimum absolute atomic E-state index is 0.0371. The molecule has 0 aromatic heterocycles. The van der Waals surface area contributed by atoms with Crippen molar-refractivity contribution in [1.29, 1.82) is 0 Å². The van der Waals surface area contributed by atoms with E-state index in [0.29, 0.717) is 17.0 Å². The highest BCUT2D eigenvalue weighted by molar-refractivity contribution is 6.31. The van der Waals surface area contributed by atoms with Crippen molar-refractivity contribution < 1.29 is 19.0 Å². The van der Waals surface area contributed by atoms with Crippen molar-refractivity contribution in [3.8, 4) is 5.75 Å². The maximum Gasteiger partial charge on any atom is 0.262 e. The number of anilines is 1. The summed E-state index contributed by atoms with van der Waals surface area (Å²) < 4.78 is 18.7. The van der Waals surface area contributed by atoms with Gasteiger partial charge in [-0.2, -0.15) is 0 Å². The largest absolute Gasteiger partial charge is 0.482 e. The number of aliphatic hydroxyl groups excluding tert-OH is 1. The van der Waals surface area contributed by atoms with Gasteiger partial charge in [0.05, 0.1) is 10.7 Å². The van der Waals surface area contributed by atoms with Gasteiger partial charge in [0.25, 0.3) is 5.91 Å². The molecular formula is C15H11ClFNO3. The summed E-state index contributed by atoms with van der Waals surface area (Å²) in [4.78, 5) is 11.3. The van der Waals surface area contributed by atoms with Gasteiger partial charge in [0.1, 0.15) is 17.7 Å². The number of amides is 1. The van der Waals surface area contributed by atoms with Gasteiger partial charge in [-0.05, 0) is 23.8 Å². The third kappa shape index (κ3) is 2.57. The SMILES string of the molecule is O=C1COc2ccc(C(O)c3cccc(F)c3Cl)cc2N1. The first-order valence-electron chi connectivity index (χ1n) is 6.25. The number of halogens is 2. The van der Waals surface area contributed by atoms with Crippen molar-refractivity contribution in [3.05, 3.63) is 58.4 Å². The molecule has 0 saturated carbocycles. The highest BCUT2D eigenvalue weighted by atomic mass is 35.5. The van der Waals surface area contributed by atoms with Crippen LogP contribution in [-0.4, -0.2) is 17.6 Å². The molecule has 1 atom stereocenters. The normalized spacial score (nSPS) is 14.9. The Balaban J connectivity index is 1.98. The number of ether oxygens (including phenoxy) is 1. The Morgan fingerprint density at radius 1 is 1.33 bits per heavy atom. The average molecular weight is 308 g/mol. The van der Waals surface area contributed by atoms with Crippen LogP contribution in [0.15, 0.2) is 36.4 Å². The molecule has 0 saturated heterocycles. The van der Waals surface area contributed by atoms with Gasteiger partial charge in [-0.15, -0.1) is 0 Å². The van der Waals surface area contributed by atoms with Crippen LogP contribution in [-0.2, 0) is 4.79 Å². The van der Waals surface area contributed by atoms with E-state index in [1.807, 2.05) is 0 Å². The Kier molecular flexibility index (Phi) is 3.53. The lowest BCUT2D eigenvalue weighted by Crippen LogP contribution is -2.25. The van der Waals surface area contributed by atoms with Gasteiger partial charge in [-0.1, -0.05) is 29.8 Å². The Bertz CT molecular complexity index is 720. The van der Waals surface area contributed by atoms with Crippen LogP contribution in [0.2, 0.25) is 5.02 Å². The number of hydrogen-bond acceptors (Lipinski definition) is 3. The Labute approximate surface area is 125 Å². The van der Waals surface area contributed by atoms with Crippen LogP contribution in [0.3, 0.4) is 0 Å². The molecular weight excluding hydrogens is 297 g/mol. The van der Waals surface area contributed by atoms with Crippen molar-refractivity contribution in [2.24, 2.45) is 0 Å². The number of nitrogens with one attached hydrogen (secondary N) is 1. The van der Waals surface area contributed by atoms with Gasteiger partial charge in [0, 0.05) is 5.56 Å². The fourth-order valence-electron chi connectivity index (χ4n) is 2.18. The van der Waals surface area contributed by atoms with E-state index in [0.717, 1.165) is 0 Å². The highest BCUT2D eigenvalue weighted by Crippen LogP contribution is 2.35. The molecule has 2 N–H and O–H groups in total. The summed E-state index contributed by atoms with van der Waals surface area (Å²) in [5.74, 6) is -0.336. The number of carbonyl (C=O) groups is 1. The smallest absolute Gasteiger partial charge is 0.262 e. The summed E-state index contributed by atoms with van der Waals surface area (Å²) in [6, 6.07) is 9.11. The predicted molar refractivity (Wildman–Crippen MR) is 76.0 cm³/mol. The summed E-state index contributed by atoms with van der Waals surface area (Å²) in [5.41, 5.74) is 1.21. The third-order valence-electron chi connectivity index (χ3n) is 3.23. The number of aliphatic hydroxyl groups is 1. The molecule has 2 aromatic rings. The van der Waals surface area contributed by atoms with Crippen molar-refractivity contribution in [2.75, 3.05) is 11.9 Å².